The maximum Gasteiger partial charge on any atom is 0.298 e. The number of anilines is 1. The summed E-state index contributed by atoms with van der Waals surface area (Å²) < 4.78 is 20.7. The molecule has 0 N–H and O–H groups in total. The number of benzene rings is 1. The minimum absolute atomic E-state index is 0.0263. The van der Waals surface area contributed by atoms with E-state index in [9.17, 15) is 9.18 Å². The topological polar surface area (TPSA) is 64.2 Å². The fourth-order valence-electron chi connectivity index (χ4n) is 3.30. The minimum Gasteiger partial charge on any atom is -0.423 e. The van der Waals surface area contributed by atoms with Gasteiger partial charge < -0.3 is 9.32 Å². The fourth-order valence-corrected chi connectivity index (χ4v) is 3.30. The van der Waals surface area contributed by atoms with Crippen LogP contribution in [0.4, 0.5) is 10.4 Å². The van der Waals surface area contributed by atoms with Gasteiger partial charge in [0.2, 0.25) is 0 Å². The Morgan fingerprint density at radius 1 is 1.32 bits per heavy atom. The van der Waals surface area contributed by atoms with Crippen LogP contribution in [0.15, 0.2) is 39.9 Å². The van der Waals surface area contributed by atoms with E-state index >= 15 is 0 Å². The van der Waals surface area contributed by atoms with Gasteiger partial charge in [-0.05, 0) is 37.8 Å². The molecule has 0 radical (unpaired) electrons. The number of fused-ring (bicyclic) bond motifs is 1. The molecule has 3 heterocycles. The second kappa shape index (κ2) is 6.31. The number of hydrogen-bond acceptors (Lipinski definition) is 5. The Hall–Kier alpha value is -2.70. The number of oxazole rings is 1. The number of hydrogen-bond donors (Lipinski definition) is 0. The quantitative estimate of drug-likeness (QED) is 0.732. The molecule has 1 aliphatic rings. The van der Waals surface area contributed by atoms with Crippen molar-refractivity contribution in [1.82, 2.24) is 14.5 Å². The van der Waals surface area contributed by atoms with Crippen molar-refractivity contribution in [3.05, 3.63) is 52.5 Å². The van der Waals surface area contributed by atoms with Crippen molar-refractivity contribution in [3.63, 3.8) is 0 Å². The predicted molar refractivity (Wildman–Crippen MR) is 92.1 cm³/mol. The van der Waals surface area contributed by atoms with Gasteiger partial charge in [0.05, 0.1) is 6.33 Å². The van der Waals surface area contributed by atoms with E-state index in [2.05, 4.69) is 14.9 Å². The Labute approximate surface area is 143 Å². The molecule has 0 atom stereocenters. The molecule has 7 heteroatoms. The first-order chi connectivity index (χ1) is 12.1. The highest BCUT2D eigenvalue weighted by Crippen LogP contribution is 2.27. The third-order valence-corrected chi connectivity index (χ3v) is 4.75. The van der Waals surface area contributed by atoms with Gasteiger partial charge in [-0.25, -0.2) is 9.37 Å². The number of aromatic nitrogens is 3. The van der Waals surface area contributed by atoms with E-state index in [1.54, 1.807) is 30.1 Å². The molecular weight excluding hydrogens is 323 g/mol. The van der Waals surface area contributed by atoms with Crippen LogP contribution >= 0.6 is 0 Å². The van der Waals surface area contributed by atoms with E-state index < -0.39 is 0 Å². The molecule has 1 saturated heterocycles. The van der Waals surface area contributed by atoms with Crippen LogP contribution in [0.5, 0.6) is 0 Å². The van der Waals surface area contributed by atoms with Crippen LogP contribution in [0.3, 0.4) is 0 Å². The van der Waals surface area contributed by atoms with E-state index in [-0.39, 0.29) is 11.4 Å². The lowest BCUT2D eigenvalue weighted by atomic mass is 9.97. The van der Waals surface area contributed by atoms with Crippen molar-refractivity contribution in [1.29, 1.82) is 0 Å². The molecule has 1 aromatic carbocycles. The van der Waals surface area contributed by atoms with Crippen LogP contribution in [0, 0.1) is 18.7 Å². The summed E-state index contributed by atoms with van der Waals surface area (Å²) in [4.78, 5) is 22.7. The molecule has 4 rings (SSSR count). The zero-order valence-electron chi connectivity index (χ0n) is 14.0. The Bertz CT molecular complexity index is 957. The van der Waals surface area contributed by atoms with E-state index in [1.807, 2.05) is 0 Å². The van der Waals surface area contributed by atoms with Gasteiger partial charge in [0.15, 0.2) is 5.58 Å². The average Bonchev–Trinajstić information content (AvgIpc) is 3.03. The van der Waals surface area contributed by atoms with Crippen molar-refractivity contribution in [2.45, 2.75) is 26.3 Å². The number of halogens is 1. The maximum atomic E-state index is 13.3. The first-order valence-electron chi connectivity index (χ1n) is 8.42. The van der Waals surface area contributed by atoms with Crippen LogP contribution in [0.1, 0.15) is 18.4 Å². The van der Waals surface area contributed by atoms with Crippen molar-refractivity contribution >= 4 is 17.1 Å². The molecule has 0 unspecified atom stereocenters. The molecular formula is C18H19FN4O2. The van der Waals surface area contributed by atoms with Gasteiger partial charge in [0, 0.05) is 37.5 Å². The lowest BCUT2D eigenvalue weighted by Crippen LogP contribution is -2.36. The second-order valence-corrected chi connectivity index (χ2v) is 6.57. The third-order valence-electron chi connectivity index (χ3n) is 4.75. The summed E-state index contributed by atoms with van der Waals surface area (Å²) in [5.41, 5.74) is 1.82. The first kappa shape index (κ1) is 15.8. The summed E-state index contributed by atoms with van der Waals surface area (Å²) in [6.45, 7) is 4.06. The van der Waals surface area contributed by atoms with Gasteiger partial charge in [-0.1, -0.05) is 0 Å². The van der Waals surface area contributed by atoms with Gasteiger partial charge in [-0.15, -0.1) is 0 Å². The summed E-state index contributed by atoms with van der Waals surface area (Å²) in [5.74, 6) is 0.0884. The highest BCUT2D eigenvalue weighted by atomic mass is 19.1. The predicted octanol–water partition coefficient (Wildman–Crippen LogP) is 2.75. The molecule has 25 heavy (non-hydrogen) atoms. The Balaban J connectivity index is 1.43. The van der Waals surface area contributed by atoms with Crippen molar-refractivity contribution in [2.75, 3.05) is 18.0 Å². The van der Waals surface area contributed by atoms with E-state index in [4.69, 9.17) is 4.42 Å². The summed E-state index contributed by atoms with van der Waals surface area (Å²) >= 11 is 0. The number of nitrogens with zero attached hydrogens (tertiary/aromatic N) is 4. The fraction of sp³-hybridized carbons (Fsp3) is 0.389. The zero-order valence-corrected chi connectivity index (χ0v) is 14.0. The van der Waals surface area contributed by atoms with Gasteiger partial charge in [-0.2, -0.15) is 4.98 Å². The molecule has 1 aliphatic heterocycles. The Morgan fingerprint density at radius 3 is 2.92 bits per heavy atom. The lowest BCUT2D eigenvalue weighted by molar-refractivity contribution is 0.342. The van der Waals surface area contributed by atoms with Crippen molar-refractivity contribution in [2.24, 2.45) is 5.92 Å². The molecule has 1 fully saturated rings. The van der Waals surface area contributed by atoms with Crippen LogP contribution in [0.25, 0.3) is 11.1 Å². The van der Waals surface area contributed by atoms with Crippen molar-refractivity contribution < 1.29 is 8.81 Å². The summed E-state index contributed by atoms with van der Waals surface area (Å²) in [7, 11) is 0. The molecule has 0 spiro atoms. The van der Waals surface area contributed by atoms with Crippen molar-refractivity contribution in [3.8, 4) is 0 Å². The zero-order chi connectivity index (χ0) is 17.4. The molecule has 0 bridgehead atoms. The molecule has 3 aromatic rings. The first-order valence-corrected chi connectivity index (χ1v) is 8.42. The molecule has 2 aromatic heterocycles. The summed E-state index contributed by atoms with van der Waals surface area (Å²) in [6, 6.07) is 4.90. The SMILES string of the molecule is Cc1cncn(CC2CCN(c3nc4ccc(F)cc4o3)CC2)c1=O. The second-order valence-electron chi connectivity index (χ2n) is 6.57. The number of rotatable bonds is 3. The van der Waals surface area contributed by atoms with Crippen LogP contribution in [0.2, 0.25) is 0 Å². The van der Waals surface area contributed by atoms with Gasteiger partial charge in [0.25, 0.3) is 11.6 Å². The monoisotopic (exact) mass is 342 g/mol. The largest absolute Gasteiger partial charge is 0.423 e. The highest BCUT2D eigenvalue weighted by Gasteiger charge is 2.23. The molecule has 6 nitrogen and oxygen atoms in total. The molecule has 130 valence electrons. The standard InChI is InChI=1S/C18H19FN4O2/c1-12-9-20-11-23(17(12)24)10-13-4-6-22(7-5-13)18-21-15-3-2-14(19)8-16(15)25-18/h2-3,8-9,11,13H,4-7,10H2,1H3. The molecule has 0 aliphatic carbocycles. The summed E-state index contributed by atoms with van der Waals surface area (Å²) in [5, 5.41) is 0. The molecule has 0 amide bonds. The van der Waals surface area contributed by atoms with Gasteiger partial charge >= 0.3 is 0 Å². The van der Waals surface area contributed by atoms with Crippen LogP contribution in [-0.4, -0.2) is 27.6 Å². The normalized spacial score (nSPS) is 15.8. The average molecular weight is 342 g/mol. The van der Waals surface area contributed by atoms with Crippen LogP contribution < -0.4 is 10.5 Å². The van der Waals surface area contributed by atoms with E-state index in [0.717, 1.165) is 25.9 Å². The Kier molecular flexibility index (Phi) is 3.99. The van der Waals surface area contributed by atoms with Crippen LogP contribution in [-0.2, 0) is 6.54 Å². The van der Waals surface area contributed by atoms with Gasteiger partial charge in [0.1, 0.15) is 11.3 Å². The Morgan fingerprint density at radius 2 is 2.12 bits per heavy atom. The third kappa shape index (κ3) is 3.14. The number of aryl methyl sites for hydroxylation is 1. The minimum atomic E-state index is -0.328. The van der Waals surface area contributed by atoms with E-state index in [1.165, 1.54) is 12.1 Å². The summed E-state index contributed by atoms with van der Waals surface area (Å²) in [6.07, 6.45) is 5.08. The molecule has 0 saturated carbocycles. The smallest absolute Gasteiger partial charge is 0.298 e. The maximum absolute atomic E-state index is 13.3. The van der Waals surface area contributed by atoms with E-state index in [0.29, 0.717) is 35.1 Å². The van der Waals surface area contributed by atoms with Gasteiger partial charge in [-0.3, -0.25) is 9.36 Å². The highest BCUT2D eigenvalue weighted by molar-refractivity contribution is 5.74. The number of piperidine rings is 1. The lowest BCUT2D eigenvalue weighted by Gasteiger charge is -2.31.